The minimum Gasteiger partial charge on any atom is -0.508 e. The predicted octanol–water partition coefficient (Wildman–Crippen LogP) is 5.77. The smallest absolute Gasteiger partial charge is 0.319 e. The van der Waals surface area contributed by atoms with Crippen LogP contribution in [0.4, 0.5) is 10.2 Å². The molecule has 0 amide bonds. The van der Waals surface area contributed by atoms with Crippen molar-refractivity contribution in [3.05, 3.63) is 53.3 Å². The van der Waals surface area contributed by atoms with Gasteiger partial charge in [0.05, 0.1) is 24.3 Å². The standard InChI is InChI=1S/C33H37ClFN5O3/c1-19-20(2)42-13-11-39(19)10-5-12-43-33-37-31-27(32(38-33)40-17-22-8-9-23(18-40)36-22)16-28(34)29(30(31)35)26-15-24(41)14-21-6-3-4-7-25(21)26/h3-4,6-7,14-16,19-20,22-23,36,41H,5,8-13,17-18H2,1-2H3. The number of morpholine rings is 1. The number of nitrogens with one attached hydrogen (secondary N) is 1. The van der Waals surface area contributed by atoms with Crippen molar-refractivity contribution in [3.8, 4) is 22.9 Å². The third kappa shape index (κ3) is 5.48. The van der Waals surface area contributed by atoms with Crippen molar-refractivity contribution in [2.75, 3.05) is 44.3 Å². The molecule has 1 aromatic heterocycles. The Morgan fingerprint density at radius 1 is 1.09 bits per heavy atom. The van der Waals surface area contributed by atoms with Crippen LogP contribution in [0.15, 0.2) is 42.5 Å². The Labute approximate surface area is 255 Å². The van der Waals surface area contributed by atoms with E-state index in [1.54, 1.807) is 18.2 Å². The molecule has 4 aromatic rings. The number of hydrogen-bond donors (Lipinski definition) is 2. The SMILES string of the molecule is CC1OCCN(CCCOc2nc(N3CC4CCC(C3)N4)c3cc(Cl)c(-c4cc(O)cc5ccccc45)c(F)c3n2)C1C. The van der Waals surface area contributed by atoms with E-state index < -0.39 is 5.82 Å². The summed E-state index contributed by atoms with van der Waals surface area (Å²) in [6.07, 6.45) is 3.20. The number of hydrogen-bond acceptors (Lipinski definition) is 8. The summed E-state index contributed by atoms with van der Waals surface area (Å²) in [5, 5.41) is 16.5. The van der Waals surface area contributed by atoms with Gasteiger partial charge >= 0.3 is 6.01 Å². The number of halogens is 2. The fraction of sp³-hybridized carbons (Fsp3) is 0.455. The average Bonchev–Trinajstić information content (AvgIpc) is 3.34. The Morgan fingerprint density at radius 3 is 2.70 bits per heavy atom. The van der Waals surface area contributed by atoms with Gasteiger partial charge in [-0.15, -0.1) is 0 Å². The first-order valence-electron chi connectivity index (χ1n) is 15.3. The number of nitrogens with zero attached hydrogens (tertiary/aromatic N) is 4. The van der Waals surface area contributed by atoms with Crippen LogP contribution in [-0.4, -0.2) is 83.6 Å². The van der Waals surface area contributed by atoms with Crippen molar-refractivity contribution in [1.82, 2.24) is 20.2 Å². The van der Waals surface area contributed by atoms with Gasteiger partial charge in [0.2, 0.25) is 0 Å². The lowest BCUT2D eigenvalue weighted by Gasteiger charge is -2.37. The van der Waals surface area contributed by atoms with Crippen LogP contribution in [0.2, 0.25) is 5.02 Å². The van der Waals surface area contributed by atoms with Crippen LogP contribution in [0.5, 0.6) is 11.8 Å². The lowest BCUT2D eigenvalue weighted by atomic mass is 9.96. The predicted molar refractivity (Wildman–Crippen MR) is 168 cm³/mol. The van der Waals surface area contributed by atoms with Crippen LogP contribution in [0.1, 0.15) is 33.1 Å². The van der Waals surface area contributed by atoms with Crippen molar-refractivity contribution < 1.29 is 19.0 Å². The number of rotatable bonds is 7. The summed E-state index contributed by atoms with van der Waals surface area (Å²) in [5.74, 6) is 0.125. The molecule has 0 saturated carbocycles. The van der Waals surface area contributed by atoms with Crippen molar-refractivity contribution in [1.29, 1.82) is 0 Å². The normalized spacial score (nSPS) is 24.2. The number of ether oxygens (including phenoxy) is 2. The van der Waals surface area contributed by atoms with Crippen LogP contribution < -0.4 is 15.0 Å². The van der Waals surface area contributed by atoms with E-state index in [-0.39, 0.29) is 34.0 Å². The summed E-state index contributed by atoms with van der Waals surface area (Å²) in [5.41, 5.74) is 0.873. The van der Waals surface area contributed by atoms with E-state index in [1.165, 1.54) is 0 Å². The van der Waals surface area contributed by atoms with Crippen LogP contribution in [0.3, 0.4) is 0 Å². The van der Waals surface area contributed by atoms with Crippen LogP contribution in [-0.2, 0) is 4.74 Å². The molecule has 43 heavy (non-hydrogen) atoms. The maximum absolute atomic E-state index is 16.7. The summed E-state index contributed by atoms with van der Waals surface area (Å²) in [6, 6.07) is 13.8. The molecule has 2 N–H and O–H groups in total. The van der Waals surface area contributed by atoms with E-state index in [2.05, 4.69) is 33.9 Å². The summed E-state index contributed by atoms with van der Waals surface area (Å²) in [7, 11) is 0. The van der Waals surface area contributed by atoms with Gasteiger partial charge in [-0.05, 0) is 67.6 Å². The molecule has 7 rings (SSSR count). The molecule has 3 saturated heterocycles. The van der Waals surface area contributed by atoms with Crippen molar-refractivity contribution in [2.24, 2.45) is 0 Å². The zero-order valence-corrected chi connectivity index (χ0v) is 25.3. The molecule has 8 nitrogen and oxygen atoms in total. The molecule has 3 aliphatic heterocycles. The molecule has 3 aromatic carbocycles. The first-order valence-corrected chi connectivity index (χ1v) is 15.6. The Bertz CT molecular complexity index is 1660. The van der Waals surface area contributed by atoms with E-state index in [1.807, 2.05) is 24.3 Å². The number of aromatic hydroxyl groups is 1. The molecule has 10 heteroatoms. The molecule has 3 fully saturated rings. The average molecular weight is 606 g/mol. The van der Waals surface area contributed by atoms with E-state index in [0.717, 1.165) is 62.8 Å². The first-order chi connectivity index (χ1) is 20.9. The fourth-order valence-electron chi connectivity index (χ4n) is 6.93. The highest BCUT2D eigenvalue weighted by Gasteiger charge is 2.34. The summed E-state index contributed by atoms with van der Waals surface area (Å²) in [4.78, 5) is 14.1. The molecule has 4 heterocycles. The van der Waals surface area contributed by atoms with Crippen LogP contribution in [0, 0.1) is 5.82 Å². The number of phenolic OH excluding ortho intramolecular Hbond substituents is 1. The van der Waals surface area contributed by atoms with Gasteiger partial charge in [-0.25, -0.2) is 4.39 Å². The van der Waals surface area contributed by atoms with E-state index in [9.17, 15) is 5.11 Å². The zero-order chi connectivity index (χ0) is 29.7. The lowest BCUT2D eigenvalue weighted by Crippen LogP contribution is -2.51. The van der Waals surface area contributed by atoms with Gasteiger partial charge in [-0.1, -0.05) is 35.9 Å². The maximum Gasteiger partial charge on any atom is 0.319 e. The Hall–Kier alpha value is -3.24. The molecular weight excluding hydrogens is 569 g/mol. The minimum absolute atomic E-state index is 0.0388. The second-order valence-electron chi connectivity index (χ2n) is 12.1. The van der Waals surface area contributed by atoms with Gasteiger partial charge in [0, 0.05) is 55.3 Å². The number of phenols is 1. The lowest BCUT2D eigenvalue weighted by molar-refractivity contribution is -0.0561. The summed E-state index contributed by atoms with van der Waals surface area (Å²) >= 11 is 6.86. The third-order valence-corrected chi connectivity index (χ3v) is 9.61. The molecule has 0 aliphatic carbocycles. The molecule has 4 unspecified atom stereocenters. The number of anilines is 1. The highest BCUT2D eigenvalue weighted by molar-refractivity contribution is 6.35. The fourth-order valence-corrected chi connectivity index (χ4v) is 7.22. The second kappa shape index (κ2) is 11.7. The maximum atomic E-state index is 16.7. The van der Waals surface area contributed by atoms with E-state index in [4.69, 9.17) is 26.1 Å². The molecule has 0 spiro atoms. The molecule has 3 aliphatic rings. The van der Waals surface area contributed by atoms with Gasteiger partial charge in [-0.2, -0.15) is 9.97 Å². The van der Waals surface area contributed by atoms with E-state index in [0.29, 0.717) is 41.5 Å². The van der Waals surface area contributed by atoms with Crippen molar-refractivity contribution >= 4 is 39.1 Å². The van der Waals surface area contributed by atoms with Crippen LogP contribution >= 0.6 is 11.6 Å². The molecule has 0 radical (unpaired) electrons. The Kier molecular flexibility index (Phi) is 7.75. The Morgan fingerprint density at radius 2 is 1.88 bits per heavy atom. The third-order valence-electron chi connectivity index (χ3n) is 9.31. The highest BCUT2D eigenvalue weighted by atomic mass is 35.5. The quantitative estimate of drug-likeness (QED) is 0.257. The van der Waals surface area contributed by atoms with Crippen molar-refractivity contribution in [2.45, 2.75) is 57.3 Å². The molecular formula is C33H37ClFN5O3. The first kappa shape index (κ1) is 28.5. The largest absolute Gasteiger partial charge is 0.508 e. The van der Waals surface area contributed by atoms with Gasteiger partial charge in [0.25, 0.3) is 0 Å². The van der Waals surface area contributed by atoms with Gasteiger partial charge in [0.15, 0.2) is 5.82 Å². The van der Waals surface area contributed by atoms with Crippen LogP contribution in [0.25, 0.3) is 32.8 Å². The van der Waals surface area contributed by atoms with Gasteiger partial charge in [-0.3, -0.25) is 4.90 Å². The second-order valence-corrected chi connectivity index (χ2v) is 12.5. The molecule has 4 atom stereocenters. The molecule has 2 bridgehead atoms. The summed E-state index contributed by atoms with van der Waals surface area (Å²) in [6.45, 7) is 8.74. The Balaban J connectivity index is 1.26. The molecule has 226 valence electrons. The number of benzene rings is 3. The van der Waals surface area contributed by atoms with Gasteiger partial charge < -0.3 is 24.8 Å². The number of fused-ring (bicyclic) bond motifs is 4. The zero-order valence-electron chi connectivity index (χ0n) is 24.5. The monoisotopic (exact) mass is 605 g/mol. The topological polar surface area (TPSA) is 83.0 Å². The van der Waals surface area contributed by atoms with Gasteiger partial charge in [0.1, 0.15) is 17.1 Å². The van der Waals surface area contributed by atoms with E-state index >= 15 is 4.39 Å². The minimum atomic E-state index is -0.555. The number of piperazine rings is 1. The highest BCUT2D eigenvalue weighted by Crippen LogP contribution is 2.42. The number of aromatic nitrogens is 2. The summed E-state index contributed by atoms with van der Waals surface area (Å²) < 4.78 is 28.6. The van der Waals surface area contributed by atoms with Crippen molar-refractivity contribution in [3.63, 3.8) is 0 Å².